The zero-order valence-corrected chi connectivity index (χ0v) is 15.8. The van der Waals surface area contributed by atoms with Crippen molar-refractivity contribution < 1.29 is 9.53 Å². The summed E-state index contributed by atoms with van der Waals surface area (Å²) in [7, 11) is 0. The number of thiocarbonyl (C=S) groups is 1. The van der Waals surface area contributed by atoms with Gasteiger partial charge in [0.15, 0.2) is 5.11 Å². The monoisotopic (exact) mass is 407 g/mol. The van der Waals surface area contributed by atoms with E-state index in [1.807, 2.05) is 19.9 Å². The standard InChI is InChI=1S/C17H18BrN3O2S/c1-3-10-23-13-6-4-12(5-7-13)16(22)21-17(24)20-15-9-8-14(18)11(2)19-15/h4-9H,3,10H2,1-2H3,(H2,19,20,21,22,24). The fraction of sp³-hybridized carbons (Fsp3) is 0.235. The van der Waals surface area contributed by atoms with Crippen LogP contribution in [0.25, 0.3) is 0 Å². The van der Waals surface area contributed by atoms with Gasteiger partial charge in [0.25, 0.3) is 5.91 Å². The predicted octanol–water partition coefficient (Wildman–Crippen LogP) is 4.07. The van der Waals surface area contributed by atoms with Crippen LogP contribution in [-0.4, -0.2) is 22.6 Å². The van der Waals surface area contributed by atoms with Gasteiger partial charge in [-0.1, -0.05) is 6.92 Å². The Morgan fingerprint density at radius 1 is 1.25 bits per heavy atom. The number of nitrogens with zero attached hydrogens (tertiary/aromatic N) is 1. The first-order chi connectivity index (χ1) is 11.5. The van der Waals surface area contributed by atoms with Crippen LogP contribution in [0.2, 0.25) is 0 Å². The minimum atomic E-state index is -0.289. The number of benzene rings is 1. The average Bonchev–Trinajstić information content (AvgIpc) is 2.56. The van der Waals surface area contributed by atoms with Gasteiger partial charge < -0.3 is 10.1 Å². The van der Waals surface area contributed by atoms with Crippen molar-refractivity contribution >= 4 is 45.0 Å². The second kappa shape index (κ2) is 8.75. The molecule has 0 atom stereocenters. The Morgan fingerprint density at radius 3 is 2.58 bits per heavy atom. The molecule has 0 aliphatic rings. The van der Waals surface area contributed by atoms with Gasteiger partial charge in [0.05, 0.1) is 12.3 Å². The number of hydrogen-bond acceptors (Lipinski definition) is 4. The van der Waals surface area contributed by atoms with Crippen molar-refractivity contribution in [3.8, 4) is 5.75 Å². The van der Waals surface area contributed by atoms with E-state index in [2.05, 4.69) is 31.5 Å². The summed E-state index contributed by atoms with van der Waals surface area (Å²) in [4.78, 5) is 16.5. The second-order valence-electron chi connectivity index (χ2n) is 5.04. The molecule has 1 aromatic heterocycles. The van der Waals surface area contributed by atoms with Crippen molar-refractivity contribution in [1.82, 2.24) is 10.3 Å². The van der Waals surface area contributed by atoms with Crippen molar-refractivity contribution in [3.05, 3.63) is 52.1 Å². The first kappa shape index (κ1) is 18.4. The predicted molar refractivity (Wildman–Crippen MR) is 103 cm³/mol. The number of ether oxygens (including phenoxy) is 1. The maximum absolute atomic E-state index is 12.2. The van der Waals surface area contributed by atoms with E-state index < -0.39 is 0 Å². The fourth-order valence-electron chi connectivity index (χ4n) is 1.86. The van der Waals surface area contributed by atoms with E-state index in [1.54, 1.807) is 30.3 Å². The molecule has 0 aliphatic carbocycles. The zero-order valence-electron chi connectivity index (χ0n) is 13.4. The molecule has 126 valence electrons. The van der Waals surface area contributed by atoms with E-state index in [-0.39, 0.29) is 11.0 Å². The molecule has 1 aromatic carbocycles. The third-order valence-corrected chi connectivity index (χ3v) is 4.12. The number of hydrogen-bond donors (Lipinski definition) is 2. The van der Waals surface area contributed by atoms with Crippen molar-refractivity contribution in [2.24, 2.45) is 0 Å². The summed E-state index contributed by atoms with van der Waals surface area (Å²) in [5.74, 6) is 1.02. The van der Waals surface area contributed by atoms with Crippen LogP contribution in [0.4, 0.5) is 5.82 Å². The van der Waals surface area contributed by atoms with Gasteiger partial charge in [-0.2, -0.15) is 0 Å². The molecule has 0 fully saturated rings. The number of nitrogens with one attached hydrogen (secondary N) is 2. The molecule has 1 heterocycles. The summed E-state index contributed by atoms with van der Waals surface area (Å²) in [6, 6.07) is 10.6. The molecule has 0 spiro atoms. The van der Waals surface area contributed by atoms with Gasteiger partial charge in [-0.3, -0.25) is 10.1 Å². The number of anilines is 1. The summed E-state index contributed by atoms with van der Waals surface area (Å²) >= 11 is 8.54. The molecule has 5 nitrogen and oxygen atoms in total. The Bertz CT molecular complexity index is 735. The molecule has 0 bridgehead atoms. The van der Waals surface area contributed by atoms with Crippen molar-refractivity contribution in [3.63, 3.8) is 0 Å². The molecule has 2 N–H and O–H groups in total. The molecule has 0 aliphatic heterocycles. The van der Waals surface area contributed by atoms with E-state index in [0.29, 0.717) is 18.0 Å². The Kier molecular flexibility index (Phi) is 6.69. The molecule has 24 heavy (non-hydrogen) atoms. The summed E-state index contributed by atoms with van der Waals surface area (Å²) in [6.07, 6.45) is 0.936. The topological polar surface area (TPSA) is 63.2 Å². The molecule has 1 amide bonds. The van der Waals surface area contributed by atoms with Crippen LogP contribution in [0, 0.1) is 6.92 Å². The lowest BCUT2D eigenvalue weighted by Crippen LogP contribution is -2.34. The number of carbonyl (C=O) groups is 1. The number of pyridine rings is 1. The van der Waals surface area contributed by atoms with Crippen LogP contribution in [0.3, 0.4) is 0 Å². The van der Waals surface area contributed by atoms with Crippen LogP contribution in [0.5, 0.6) is 5.75 Å². The summed E-state index contributed by atoms with van der Waals surface area (Å²) in [5.41, 5.74) is 1.33. The van der Waals surface area contributed by atoms with E-state index in [4.69, 9.17) is 17.0 Å². The van der Waals surface area contributed by atoms with Crippen molar-refractivity contribution in [2.75, 3.05) is 11.9 Å². The molecule has 2 aromatic rings. The molecule has 0 radical (unpaired) electrons. The lowest BCUT2D eigenvalue weighted by Gasteiger charge is -2.10. The van der Waals surface area contributed by atoms with Gasteiger partial charge >= 0.3 is 0 Å². The highest BCUT2D eigenvalue weighted by atomic mass is 79.9. The van der Waals surface area contributed by atoms with Crippen LogP contribution >= 0.6 is 28.1 Å². The normalized spacial score (nSPS) is 10.1. The molecule has 2 rings (SSSR count). The second-order valence-corrected chi connectivity index (χ2v) is 6.31. The van der Waals surface area contributed by atoms with Gasteiger partial charge in [0.1, 0.15) is 11.6 Å². The average molecular weight is 408 g/mol. The maximum atomic E-state index is 12.2. The summed E-state index contributed by atoms with van der Waals surface area (Å²) in [6.45, 7) is 4.57. The maximum Gasteiger partial charge on any atom is 0.257 e. The molecule has 0 saturated heterocycles. The number of amides is 1. The van der Waals surface area contributed by atoms with Gasteiger partial charge in [0, 0.05) is 10.0 Å². The first-order valence-electron chi connectivity index (χ1n) is 7.48. The van der Waals surface area contributed by atoms with E-state index in [1.165, 1.54) is 0 Å². The number of carbonyl (C=O) groups excluding carboxylic acids is 1. The number of halogens is 1. The van der Waals surface area contributed by atoms with Crippen LogP contribution in [0.1, 0.15) is 29.4 Å². The van der Waals surface area contributed by atoms with E-state index in [9.17, 15) is 4.79 Å². The van der Waals surface area contributed by atoms with Gasteiger partial charge in [-0.05, 0) is 77.9 Å². The Morgan fingerprint density at radius 2 is 1.96 bits per heavy atom. The molecule has 0 unspecified atom stereocenters. The number of rotatable bonds is 5. The minimum absolute atomic E-state index is 0.195. The largest absolute Gasteiger partial charge is 0.494 e. The van der Waals surface area contributed by atoms with Crippen molar-refractivity contribution in [1.29, 1.82) is 0 Å². The zero-order chi connectivity index (χ0) is 17.5. The molecule has 7 heteroatoms. The van der Waals surface area contributed by atoms with Crippen molar-refractivity contribution in [2.45, 2.75) is 20.3 Å². The number of aryl methyl sites for hydroxylation is 1. The highest BCUT2D eigenvalue weighted by Gasteiger charge is 2.09. The van der Waals surface area contributed by atoms with Gasteiger partial charge in [-0.25, -0.2) is 4.98 Å². The van der Waals surface area contributed by atoms with Gasteiger partial charge in [-0.15, -0.1) is 0 Å². The van der Waals surface area contributed by atoms with Crippen LogP contribution in [0.15, 0.2) is 40.9 Å². The lowest BCUT2D eigenvalue weighted by molar-refractivity contribution is 0.0977. The SMILES string of the molecule is CCCOc1ccc(C(=O)NC(=S)Nc2ccc(Br)c(C)n2)cc1. The Balaban J connectivity index is 1.93. The molecular weight excluding hydrogens is 390 g/mol. The summed E-state index contributed by atoms with van der Waals surface area (Å²) < 4.78 is 6.40. The van der Waals surface area contributed by atoms with E-state index >= 15 is 0 Å². The van der Waals surface area contributed by atoms with Crippen LogP contribution in [-0.2, 0) is 0 Å². The van der Waals surface area contributed by atoms with Crippen LogP contribution < -0.4 is 15.4 Å². The highest BCUT2D eigenvalue weighted by Crippen LogP contribution is 2.16. The summed E-state index contributed by atoms with van der Waals surface area (Å²) in [5, 5.41) is 5.72. The minimum Gasteiger partial charge on any atom is -0.494 e. The lowest BCUT2D eigenvalue weighted by atomic mass is 10.2. The molecular formula is C17H18BrN3O2S. The third kappa shape index (κ3) is 5.28. The first-order valence-corrected chi connectivity index (χ1v) is 8.68. The highest BCUT2D eigenvalue weighted by molar-refractivity contribution is 9.10. The third-order valence-electron chi connectivity index (χ3n) is 3.08. The van der Waals surface area contributed by atoms with E-state index in [0.717, 1.165) is 22.3 Å². The van der Waals surface area contributed by atoms with Gasteiger partial charge in [0.2, 0.25) is 0 Å². The Hall–Kier alpha value is -1.99. The number of aromatic nitrogens is 1. The molecule has 0 saturated carbocycles. The smallest absolute Gasteiger partial charge is 0.257 e. The quantitative estimate of drug-likeness (QED) is 0.731. The Labute approximate surface area is 154 Å². The fourth-order valence-corrected chi connectivity index (χ4v) is 2.28.